The zero-order valence-electron chi connectivity index (χ0n) is 11.7. The molecule has 1 heterocycles. The van der Waals surface area contributed by atoms with E-state index in [1.54, 1.807) is 12.1 Å². The number of hydrogen-bond acceptors (Lipinski definition) is 5. The van der Waals surface area contributed by atoms with Gasteiger partial charge in [0.1, 0.15) is 12.4 Å². The van der Waals surface area contributed by atoms with Crippen molar-refractivity contribution in [2.75, 3.05) is 6.61 Å². The molecular formula is C16H14N2O4. The first kappa shape index (κ1) is 14.1. The second-order valence-electron chi connectivity index (χ2n) is 4.90. The number of hydrogen-bond donors (Lipinski definition) is 0. The summed E-state index contributed by atoms with van der Waals surface area (Å²) < 4.78 is 5.59. The van der Waals surface area contributed by atoms with Crippen molar-refractivity contribution in [3.63, 3.8) is 0 Å². The molecule has 112 valence electrons. The van der Waals surface area contributed by atoms with Gasteiger partial charge in [-0.1, -0.05) is 35.5 Å². The summed E-state index contributed by atoms with van der Waals surface area (Å²) in [5.74, 6) is 0.572. The molecule has 2 aromatic carbocycles. The van der Waals surface area contributed by atoms with Gasteiger partial charge in [0.05, 0.1) is 10.6 Å². The lowest BCUT2D eigenvalue weighted by atomic mass is 10.1. The Labute approximate surface area is 127 Å². The van der Waals surface area contributed by atoms with E-state index in [1.807, 2.05) is 30.3 Å². The van der Waals surface area contributed by atoms with Crippen molar-refractivity contribution < 1.29 is 14.5 Å². The van der Waals surface area contributed by atoms with Crippen LogP contribution in [0, 0.1) is 10.1 Å². The number of nitro groups is 1. The van der Waals surface area contributed by atoms with Gasteiger partial charge < -0.3 is 9.57 Å². The summed E-state index contributed by atoms with van der Waals surface area (Å²) in [5.41, 5.74) is 1.98. The number of rotatable bonds is 5. The van der Waals surface area contributed by atoms with Crippen LogP contribution < -0.4 is 4.74 Å². The normalized spacial score (nSPS) is 16.7. The molecule has 0 N–H and O–H groups in total. The molecule has 3 rings (SSSR count). The molecule has 2 aromatic rings. The van der Waals surface area contributed by atoms with Gasteiger partial charge in [-0.3, -0.25) is 10.1 Å². The second kappa shape index (κ2) is 6.26. The van der Waals surface area contributed by atoms with Crippen LogP contribution in [0.1, 0.15) is 12.0 Å². The Morgan fingerprint density at radius 3 is 2.59 bits per heavy atom. The van der Waals surface area contributed by atoms with Crippen molar-refractivity contribution in [1.82, 2.24) is 0 Å². The van der Waals surface area contributed by atoms with Gasteiger partial charge in [0.15, 0.2) is 6.10 Å². The first-order valence-corrected chi connectivity index (χ1v) is 6.88. The topological polar surface area (TPSA) is 74.0 Å². The van der Waals surface area contributed by atoms with E-state index in [2.05, 4.69) is 5.16 Å². The summed E-state index contributed by atoms with van der Waals surface area (Å²) in [4.78, 5) is 15.5. The van der Waals surface area contributed by atoms with Gasteiger partial charge in [-0.25, -0.2) is 0 Å². The molecular weight excluding hydrogens is 284 g/mol. The summed E-state index contributed by atoms with van der Waals surface area (Å²) in [6.45, 7) is 0.345. The third-order valence-corrected chi connectivity index (χ3v) is 3.32. The van der Waals surface area contributed by atoms with Gasteiger partial charge in [0.2, 0.25) is 0 Å². The number of nitro benzene ring substituents is 1. The first-order valence-electron chi connectivity index (χ1n) is 6.88. The first-order chi connectivity index (χ1) is 10.7. The Morgan fingerprint density at radius 2 is 1.91 bits per heavy atom. The molecule has 0 spiro atoms. The minimum absolute atomic E-state index is 0.0409. The summed E-state index contributed by atoms with van der Waals surface area (Å²) in [5, 5.41) is 14.7. The Balaban J connectivity index is 1.52. The lowest BCUT2D eigenvalue weighted by Gasteiger charge is -2.10. The molecule has 0 aliphatic carbocycles. The molecule has 0 amide bonds. The number of nitrogens with zero attached hydrogens (tertiary/aromatic N) is 2. The molecule has 22 heavy (non-hydrogen) atoms. The highest BCUT2D eigenvalue weighted by Gasteiger charge is 2.22. The van der Waals surface area contributed by atoms with Crippen LogP contribution in [0.3, 0.4) is 0 Å². The standard InChI is InChI=1S/C16H14N2O4/c19-18(20)13-6-8-14(9-7-13)21-11-15-10-16(17-22-15)12-4-2-1-3-5-12/h1-9,15H,10-11H2. The predicted octanol–water partition coefficient (Wildman–Crippen LogP) is 3.17. The summed E-state index contributed by atoms with van der Waals surface area (Å²) in [6.07, 6.45) is 0.530. The molecule has 0 saturated heterocycles. The quantitative estimate of drug-likeness (QED) is 0.627. The van der Waals surface area contributed by atoms with Gasteiger partial charge in [-0.15, -0.1) is 0 Å². The Hall–Kier alpha value is -2.89. The zero-order chi connectivity index (χ0) is 15.4. The van der Waals surface area contributed by atoms with E-state index >= 15 is 0 Å². The molecule has 1 aliphatic rings. The lowest BCUT2D eigenvalue weighted by molar-refractivity contribution is -0.384. The second-order valence-corrected chi connectivity index (χ2v) is 4.90. The zero-order valence-corrected chi connectivity index (χ0v) is 11.7. The fourth-order valence-electron chi connectivity index (χ4n) is 2.17. The minimum atomic E-state index is -0.441. The molecule has 1 unspecified atom stereocenters. The van der Waals surface area contributed by atoms with Crippen molar-refractivity contribution in [2.24, 2.45) is 5.16 Å². The monoisotopic (exact) mass is 298 g/mol. The SMILES string of the molecule is O=[N+]([O-])c1ccc(OCC2CC(c3ccccc3)=NO2)cc1. The van der Waals surface area contributed by atoms with Crippen LogP contribution in [0.2, 0.25) is 0 Å². The fourth-order valence-corrected chi connectivity index (χ4v) is 2.17. The number of oxime groups is 1. The molecule has 1 aliphatic heterocycles. The van der Waals surface area contributed by atoms with Crippen molar-refractivity contribution in [1.29, 1.82) is 0 Å². The number of ether oxygens (including phenoxy) is 1. The summed E-state index contributed by atoms with van der Waals surface area (Å²) in [6, 6.07) is 15.8. The van der Waals surface area contributed by atoms with Crippen molar-refractivity contribution in [3.8, 4) is 5.75 Å². The van der Waals surface area contributed by atoms with Crippen LogP contribution >= 0.6 is 0 Å². The third-order valence-electron chi connectivity index (χ3n) is 3.32. The number of benzene rings is 2. The lowest BCUT2D eigenvalue weighted by Crippen LogP contribution is -2.18. The van der Waals surface area contributed by atoms with Crippen LogP contribution in [-0.4, -0.2) is 23.3 Å². The molecule has 0 radical (unpaired) electrons. The molecule has 6 heteroatoms. The highest BCUT2D eigenvalue weighted by Crippen LogP contribution is 2.20. The molecule has 6 nitrogen and oxygen atoms in total. The molecule has 0 fully saturated rings. The van der Waals surface area contributed by atoms with Gasteiger partial charge in [0.25, 0.3) is 5.69 Å². The van der Waals surface area contributed by atoms with E-state index in [0.717, 1.165) is 11.3 Å². The van der Waals surface area contributed by atoms with E-state index in [1.165, 1.54) is 12.1 Å². The molecule has 0 bridgehead atoms. The van der Waals surface area contributed by atoms with E-state index < -0.39 is 4.92 Å². The van der Waals surface area contributed by atoms with Crippen LogP contribution in [0.4, 0.5) is 5.69 Å². The van der Waals surface area contributed by atoms with Crippen molar-refractivity contribution in [2.45, 2.75) is 12.5 Å². The average molecular weight is 298 g/mol. The summed E-state index contributed by atoms with van der Waals surface area (Å²) >= 11 is 0. The van der Waals surface area contributed by atoms with Gasteiger partial charge in [-0.05, 0) is 17.7 Å². The maximum Gasteiger partial charge on any atom is 0.269 e. The number of non-ortho nitro benzene ring substituents is 1. The molecule has 1 atom stereocenters. The maximum absolute atomic E-state index is 10.6. The Morgan fingerprint density at radius 1 is 1.18 bits per heavy atom. The van der Waals surface area contributed by atoms with Gasteiger partial charge >= 0.3 is 0 Å². The van der Waals surface area contributed by atoms with Crippen molar-refractivity contribution >= 4 is 11.4 Å². The highest BCUT2D eigenvalue weighted by atomic mass is 16.7. The minimum Gasteiger partial charge on any atom is -0.490 e. The van der Waals surface area contributed by atoms with E-state index in [4.69, 9.17) is 9.57 Å². The summed E-state index contributed by atoms with van der Waals surface area (Å²) in [7, 11) is 0. The van der Waals surface area contributed by atoms with Crippen LogP contribution in [0.25, 0.3) is 0 Å². The fraction of sp³-hybridized carbons (Fsp3) is 0.188. The predicted molar refractivity (Wildman–Crippen MR) is 81.1 cm³/mol. The Kier molecular flexibility index (Phi) is 4.00. The van der Waals surface area contributed by atoms with Gasteiger partial charge in [-0.2, -0.15) is 0 Å². The van der Waals surface area contributed by atoms with E-state index in [0.29, 0.717) is 18.8 Å². The molecule has 0 saturated carbocycles. The average Bonchev–Trinajstić information content (AvgIpc) is 3.03. The highest BCUT2D eigenvalue weighted by molar-refractivity contribution is 6.01. The van der Waals surface area contributed by atoms with Crippen LogP contribution in [0.5, 0.6) is 5.75 Å². The van der Waals surface area contributed by atoms with Gasteiger partial charge in [0, 0.05) is 18.6 Å². The van der Waals surface area contributed by atoms with Crippen LogP contribution in [0.15, 0.2) is 59.8 Å². The Bertz CT molecular complexity index is 683. The van der Waals surface area contributed by atoms with Crippen molar-refractivity contribution in [3.05, 3.63) is 70.3 Å². The third kappa shape index (κ3) is 3.22. The maximum atomic E-state index is 10.6. The molecule has 0 aromatic heterocycles. The van der Waals surface area contributed by atoms with E-state index in [-0.39, 0.29) is 11.8 Å². The van der Waals surface area contributed by atoms with E-state index in [9.17, 15) is 10.1 Å². The largest absolute Gasteiger partial charge is 0.490 e. The van der Waals surface area contributed by atoms with Crippen LogP contribution in [-0.2, 0) is 4.84 Å². The smallest absolute Gasteiger partial charge is 0.269 e.